The van der Waals surface area contributed by atoms with Crippen LogP contribution in [0.5, 0.6) is 0 Å². The fourth-order valence-corrected chi connectivity index (χ4v) is 3.95. The average molecular weight is 422 g/mol. The van der Waals surface area contributed by atoms with Crippen molar-refractivity contribution >= 4 is 11.9 Å². The zero-order chi connectivity index (χ0) is 21.5. The van der Waals surface area contributed by atoms with Crippen LogP contribution >= 0.6 is 0 Å². The van der Waals surface area contributed by atoms with Gasteiger partial charge in [-0.1, -0.05) is 13.0 Å². The summed E-state index contributed by atoms with van der Waals surface area (Å²) in [7, 11) is 0. The van der Waals surface area contributed by atoms with Gasteiger partial charge in [-0.05, 0) is 37.5 Å². The normalized spacial score (nSPS) is 19.3. The molecule has 6 nitrogen and oxygen atoms in total. The highest BCUT2D eigenvalue weighted by molar-refractivity contribution is 5.80. The van der Waals surface area contributed by atoms with Gasteiger partial charge in [0.25, 0.3) is 0 Å². The van der Waals surface area contributed by atoms with Crippen LogP contribution in [-0.2, 0) is 4.79 Å². The van der Waals surface area contributed by atoms with E-state index in [0.717, 1.165) is 70.2 Å². The largest absolute Gasteiger partial charge is 0.357 e. The van der Waals surface area contributed by atoms with Crippen molar-refractivity contribution in [3.8, 4) is 0 Å². The topological polar surface area (TPSA) is 51.2 Å². The number of nitrogens with one attached hydrogen (secondary N) is 1. The van der Waals surface area contributed by atoms with Crippen LogP contribution in [-0.4, -0.2) is 85.5 Å². The number of hydrogen-bond donors (Lipinski definition) is 1. The maximum Gasteiger partial charge on any atom is 0.236 e. The number of amides is 1. The van der Waals surface area contributed by atoms with Crippen molar-refractivity contribution in [3.05, 3.63) is 35.4 Å². The molecule has 1 N–H and O–H groups in total. The van der Waals surface area contributed by atoms with E-state index >= 15 is 0 Å². The van der Waals surface area contributed by atoms with Crippen molar-refractivity contribution in [2.24, 2.45) is 4.99 Å². The molecular weight excluding hydrogens is 388 g/mol. The minimum Gasteiger partial charge on any atom is -0.357 e. The standard InChI is InChI=1S/C22H33F2N5O/c1-3-25-22(26-15-17(2)18-6-7-19(23)20(24)14-18)29-12-10-27(11-13-29)16-21(30)28-8-4-5-9-28/h6-7,14,17H,3-5,8-13,15-16H2,1-2H3,(H,25,26). The lowest BCUT2D eigenvalue weighted by Gasteiger charge is -2.36. The summed E-state index contributed by atoms with van der Waals surface area (Å²) in [5.74, 6) is -0.605. The fraction of sp³-hybridized carbons (Fsp3) is 0.636. The number of rotatable bonds is 6. The SMILES string of the molecule is CCNC(=NCC(C)c1ccc(F)c(F)c1)N1CCN(CC(=O)N2CCCC2)CC1. The van der Waals surface area contributed by atoms with Crippen LogP contribution < -0.4 is 5.32 Å². The number of benzene rings is 1. The van der Waals surface area contributed by atoms with Crippen LogP contribution in [0.1, 0.15) is 38.2 Å². The van der Waals surface area contributed by atoms with Gasteiger partial charge in [-0.2, -0.15) is 0 Å². The maximum atomic E-state index is 13.5. The smallest absolute Gasteiger partial charge is 0.236 e. The summed E-state index contributed by atoms with van der Waals surface area (Å²) in [6, 6.07) is 4.03. The number of hydrogen-bond acceptors (Lipinski definition) is 3. The average Bonchev–Trinajstić information content (AvgIpc) is 3.28. The van der Waals surface area contributed by atoms with Crippen LogP contribution in [0.2, 0.25) is 0 Å². The van der Waals surface area contributed by atoms with Gasteiger partial charge >= 0.3 is 0 Å². The Morgan fingerprint density at radius 1 is 1.07 bits per heavy atom. The minimum atomic E-state index is -0.830. The molecule has 1 amide bonds. The van der Waals surface area contributed by atoms with E-state index in [2.05, 4.69) is 15.1 Å². The monoisotopic (exact) mass is 421 g/mol. The lowest BCUT2D eigenvalue weighted by Crippen LogP contribution is -2.54. The first-order valence-corrected chi connectivity index (χ1v) is 11.0. The predicted molar refractivity (Wildman–Crippen MR) is 115 cm³/mol. The van der Waals surface area contributed by atoms with E-state index in [0.29, 0.717) is 13.1 Å². The number of nitrogens with zero attached hydrogens (tertiary/aromatic N) is 4. The number of carbonyl (C=O) groups is 1. The molecular formula is C22H33F2N5O. The van der Waals surface area contributed by atoms with Crippen LogP contribution in [0.4, 0.5) is 8.78 Å². The molecule has 0 spiro atoms. The molecule has 2 saturated heterocycles. The maximum absolute atomic E-state index is 13.5. The number of likely N-dealkylation sites (tertiary alicyclic amines) is 1. The third-order valence-corrected chi connectivity index (χ3v) is 5.85. The van der Waals surface area contributed by atoms with Crippen molar-refractivity contribution in [3.63, 3.8) is 0 Å². The summed E-state index contributed by atoms with van der Waals surface area (Å²) < 4.78 is 26.7. The van der Waals surface area contributed by atoms with E-state index in [1.54, 1.807) is 6.07 Å². The van der Waals surface area contributed by atoms with Crippen LogP contribution in [0.25, 0.3) is 0 Å². The molecule has 1 unspecified atom stereocenters. The molecule has 1 atom stereocenters. The van der Waals surface area contributed by atoms with Crippen molar-refractivity contribution < 1.29 is 13.6 Å². The first-order valence-electron chi connectivity index (χ1n) is 11.0. The summed E-state index contributed by atoms with van der Waals surface area (Å²) in [6.45, 7) is 10.8. The van der Waals surface area contributed by atoms with Crippen molar-refractivity contribution in [1.29, 1.82) is 0 Å². The lowest BCUT2D eigenvalue weighted by atomic mass is 10.0. The quantitative estimate of drug-likeness (QED) is 0.566. The van der Waals surface area contributed by atoms with Crippen LogP contribution in [0.15, 0.2) is 23.2 Å². The predicted octanol–water partition coefficient (Wildman–Crippen LogP) is 2.27. The van der Waals surface area contributed by atoms with Gasteiger partial charge in [0.2, 0.25) is 5.91 Å². The summed E-state index contributed by atoms with van der Waals surface area (Å²) >= 11 is 0. The Bertz CT molecular complexity index is 743. The molecule has 1 aromatic carbocycles. The Labute approximate surface area is 177 Å². The number of carbonyl (C=O) groups excluding carboxylic acids is 1. The molecule has 8 heteroatoms. The third kappa shape index (κ3) is 5.90. The number of halogens is 2. The second-order valence-corrected chi connectivity index (χ2v) is 8.12. The van der Waals surface area contributed by atoms with Gasteiger partial charge in [-0.15, -0.1) is 0 Å². The summed E-state index contributed by atoms with van der Waals surface area (Å²) in [5, 5.41) is 3.33. The first-order chi connectivity index (χ1) is 14.5. The number of guanidine groups is 1. The molecule has 2 heterocycles. The van der Waals surface area contributed by atoms with E-state index in [4.69, 9.17) is 4.99 Å². The van der Waals surface area contributed by atoms with Gasteiger partial charge in [0.1, 0.15) is 0 Å². The van der Waals surface area contributed by atoms with Crippen molar-refractivity contribution in [2.75, 3.05) is 58.9 Å². The van der Waals surface area contributed by atoms with Gasteiger partial charge in [-0.25, -0.2) is 8.78 Å². The van der Waals surface area contributed by atoms with Gasteiger partial charge in [0, 0.05) is 58.3 Å². The lowest BCUT2D eigenvalue weighted by molar-refractivity contribution is -0.131. The molecule has 166 valence electrons. The molecule has 30 heavy (non-hydrogen) atoms. The van der Waals surface area contributed by atoms with E-state index < -0.39 is 11.6 Å². The summed E-state index contributed by atoms with van der Waals surface area (Å²) in [4.78, 5) is 23.5. The summed E-state index contributed by atoms with van der Waals surface area (Å²) in [5.41, 5.74) is 0.735. The minimum absolute atomic E-state index is 0.0203. The molecule has 0 radical (unpaired) electrons. The molecule has 0 aromatic heterocycles. The zero-order valence-electron chi connectivity index (χ0n) is 18.0. The molecule has 3 rings (SSSR count). The molecule has 0 aliphatic carbocycles. The number of aliphatic imine (C=N–C) groups is 1. The Morgan fingerprint density at radius 2 is 1.77 bits per heavy atom. The van der Waals surface area contributed by atoms with Crippen molar-refractivity contribution in [2.45, 2.75) is 32.6 Å². The Hall–Kier alpha value is -2.22. The molecule has 0 bridgehead atoms. The highest BCUT2D eigenvalue weighted by Crippen LogP contribution is 2.18. The van der Waals surface area contributed by atoms with Gasteiger partial charge < -0.3 is 15.1 Å². The fourth-order valence-electron chi connectivity index (χ4n) is 3.95. The van der Waals surface area contributed by atoms with Gasteiger partial charge in [-0.3, -0.25) is 14.7 Å². The third-order valence-electron chi connectivity index (χ3n) is 5.85. The van der Waals surface area contributed by atoms with Gasteiger partial charge in [0.05, 0.1) is 6.54 Å². The molecule has 2 aliphatic heterocycles. The second kappa shape index (κ2) is 10.7. The molecule has 0 saturated carbocycles. The van der Waals surface area contributed by atoms with E-state index in [-0.39, 0.29) is 11.8 Å². The van der Waals surface area contributed by atoms with Crippen LogP contribution in [0, 0.1) is 11.6 Å². The van der Waals surface area contributed by atoms with E-state index in [1.807, 2.05) is 18.7 Å². The van der Waals surface area contributed by atoms with Crippen molar-refractivity contribution in [1.82, 2.24) is 20.0 Å². The van der Waals surface area contributed by atoms with E-state index in [1.165, 1.54) is 12.1 Å². The highest BCUT2D eigenvalue weighted by atomic mass is 19.2. The Morgan fingerprint density at radius 3 is 2.40 bits per heavy atom. The van der Waals surface area contributed by atoms with E-state index in [9.17, 15) is 13.6 Å². The van der Waals surface area contributed by atoms with Crippen LogP contribution in [0.3, 0.4) is 0 Å². The summed E-state index contributed by atoms with van der Waals surface area (Å²) in [6.07, 6.45) is 2.23. The first kappa shape index (κ1) is 22.5. The van der Waals surface area contributed by atoms with Gasteiger partial charge in [0.15, 0.2) is 17.6 Å². The second-order valence-electron chi connectivity index (χ2n) is 8.12. The highest BCUT2D eigenvalue weighted by Gasteiger charge is 2.24. The molecule has 2 fully saturated rings. The zero-order valence-corrected chi connectivity index (χ0v) is 18.0. The number of piperazine rings is 1. The molecule has 2 aliphatic rings. The Balaban J connectivity index is 1.53. The molecule has 1 aromatic rings. The Kier molecular flexibility index (Phi) is 8.01.